The third kappa shape index (κ3) is 4.41. The smallest absolute Gasteiger partial charge is 0.389 e. The van der Waals surface area contributed by atoms with E-state index < -0.39 is 42.8 Å². The number of alkyl halides is 6. The lowest BCUT2D eigenvalue weighted by Crippen LogP contribution is -2.23. The Labute approximate surface area is 152 Å². The van der Waals surface area contributed by atoms with Crippen LogP contribution < -0.4 is 0 Å². The summed E-state index contributed by atoms with van der Waals surface area (Å²) < 4.78 is 77.9. The summed E-state index contributed by atoms with van der Waals surface area (Å²) in [5.74, 6) is -1.28. The zero-order valence-corrected chi connectivity index (χ0v) is 14.5. The minimum absolute atomic E-state index is 0.0489. The molecule has 3 heterocycles. The van der Waals surface area contributed by atoms with E-state index in [1.807, 2.05) is 0 Å². The van der Waals surface area contributed by atoms with Gasteiger partial charge in [-0.2, -0.15) is 36.0 Å². The van der Waals surface area contributed by atoms with Gasteiger partial charge in [-0.15, -0.1) is 0 Å². The molecule has 0 aliphatic carbocycles. The molecule has 0 radical (unpaired) electrons. The van der Waals surface area contributed by atoms with Gasteiger partial charge in [0.1, 0.15) is 5.01 Å². The molecule has 6 nitrogen and oxygen atoms in total. The number of halogens is 6. The summed E-state index contributed by atoms with van der Waals surface area (Å²) in [7, 11) is 0. The van der Waals surface area contributed by atoms with Crippen LogP contribution in [0.2, 0.25) is 0 Å². The number of nitrogens with zero attached hydrogens (tertiary/aromatic N) is 4. The fourth-order valence-electron chi connectivity index (χ4n) is 3.04. The summed E-state index contributed by atoms with van der Waals surface area (Å²) in [4.78, 5) is 17.1. The third-order valence-corrected chi connectivity index (χ3v) is 5.08. The molecular weight excluding hydrogens is 402 g/mol. The van der Waals surface area contributed by atoms with Gasteiger partial charge < -0.3 is 5.11 Å². The number of likely N-dealkylation sites (tertiary alicyclic amines) is 1. The summed E-state index contributed by atoms with van der Waals surface area (Å²) in [6.07, 6.45) is -10.7. The topological polar surface area (TPSA) is 70.7 Å². The molecule has 1 fully saturated rings. The number of hydrogen-bond donors (Lipinski definition) is 1. The van der Waals surface area contributed by atoms with Gasteiger partial charge in [-0.1, -0.05) is 11.3 Å². The zero-order chi connectivity index (χ0) is 20.0. The molecule has 2 aromatic heterocycles. The van der Waals surface area contributed by atoms with Crippen LogP contribution in [0.3, 0.4) is 0 Å². The molecule has 0 spiro atoms. The monoisotopic (exact) mass is 416 g/mol. The largest absolute Gasteiger partial charge is 0.435 e. The van der Waals surface area contributed by atoms with Crippen LogP contribution >= 0.6 is 11.3 Å². The van der Waals surface area contributed by atoms with Crippen molar-refractivity contribution in [2.24, 2.45) is 5.92 Å². The molecule has 1 saturated heterocycles. The number of carbonyl (C=O) groups is 1. The molecular formula is C14H14F6N4O2S. The molecule has 1 aliphatic rings. The van der Waals surface area contributed by atoms with Crippen LogP contribution in [0.25, 0.3) is 4.96 Å². The molecule has 13 heteroatoms. The second-order valence-corrected chi connectivity index (χ2v) is 7.28. The number of carbonyl (C=O) groups excluding carboxylic acids is 1. The Morgan fingerprint density at radius 2 is 1.93 bits per heavy atom. The second-order valence-electron chi connectivity index (χ2n) is 6.24. The average molecular weight is 416 g/mol. The number of ketones is 1. The van der Waals surface area contributed by atoms with Gasteiger partial charge in [0.25, 0.3) is 0 Å². The van der Waals surface area contributed by atoms with E-state index in [9.17, 15) is 31.1 Å². The van der Waals surface area contributed by atoms with Gasteiger partial charge in [-0.3, -0.25) is 9.69 Å². The molecule has 0 saturated carbocycles. The minimum Gasteiger partial charge on any atom is -0.389 e. The number of fused-ring (bicyclic) bond motifs is 1. The van der Waals surface area contributed by atoms with E-state index in [0.717, 1.165) is 11.3 Å². The van der Waals surface area contributed by atoms with Gasteiger partial charge >= 0.3 is 12.4 Å². The molecule has 1 aliphatic heterocycles. The maximum absolute atomic E-state index is 13.4. The first-order chi connectivity index (χ1) is 12.5. The quantitative estimate of drug-likeness (QED) is 0.759. The molecule has 27 heavy (non-hydrogen) atoms. The fourth-order valence-corrected chi connectivity index (χ4v) is 3.81. The zero-order valence-electron chi connectivity index (χ0n) is 13.6. The average Bonchev–Trinajstić information content (AvgIpc) is 3.15. The molecule has 0 amide bonds. The number of hydrogen-bond acceptors (Lipinski definition) is 6. The number of aliphatic hydroxyl groups is 1. The van der Waals surface area contributed by atoms with Crippen molar-refractivity contribution in [1.29, 1.82) is 0 Å². The Morgan fingerprint density at radius 3 is 2.52 bits per heavy atom. The highest BCUT2D eigenvalue weighted by Gasteiger charge is 2.41. The highest BCUT2D eigenvalue weighted by Crippen LogP contribution is 2.35. The van der Waals surface area contributed by atoms with Crippen molar-refractivity contribution in [3.8, 4) is 0 Å². The Morgan fingerprint density at radius 1 is 1.22 bits per heavy atom. The SMILES string of the molecule is O=C1CN(Cc2nc3sc(CO)nn3c2C(F)(F)F)C[C@@H]1CCC(F)(F)F. The van der Waals surface area contributed by atoms with Gasteiger partial charge in [-0.05, 0) is 6.42 Å². The van der Waals surface area contributed by atoms with Crippen molar-refractivity contribution in [3.63, 3.8) is 0 Å². The maximum atomic E-state index is 13.4. The van der Waals surface area contributed by atoms with E-state index in [1.54, 1.807) is 0 Å². The number of aliphatic hydroxyl groups excluding tert-OH is 1. The van der Waals surface area contributed by atoms with E-state index in [-0.39, 0.29) is 41.7 Å². The lowest BCUT2D eigenvalue weighted by molar-refractivity contribution is -0.143. The highest BCUT2D eigenvalue weighted by molar-refractivity contribution is 7.16. The van der Waals surface area contributed by atoms with E-state index in [2.05, 4.69) is 10.1 Å². The lowest BCUT2D eigenvalue weighted by Gasteiger charge is -2.15. The number of imidazole rings is 1. The molecule has 150 valence electrons. The number of aromatic nitrogens is 3. The Balaban J connectivity index is 1.79. The molecule has 0 aromatic carbocycles. The first kappa shape index (κ1) is 20.0. The second kappa shape index (κ2) is 7.02. The van der Waals surface area contributed by atoms with Gasteiger partial charge in [0.15, 0.2) is 11.5 Å². The van der Waals surface area contributed by atoms with Gasteiger partial charge in [0.2, 0.25) is 4.96 Å². The predicted octanol–water partition coefficient (Wildman–Crippen LogP) is 2.65. The highest BCUT2D eigenvalue weighted by atomic mass is 32.1. The first-order valence-electron chi connectivity index (χ1n) is 7.85. The van der Waals surface area contributed by atoms with Crippen molar-refractivity contribution in [2.45, 2.75) is 38.3 Å². The van der Waals surface area contributed by atoms with Crippen LogP contribution in [0.15, 0.2) is 0 Å². The summed E-state index contributed by atoms with van der Waals surface area (Å²) in [5.41, 5.74) is -1.46. The summed E-state index contributed by atoms with van der Waals surface area (Å²) >= 11 is 0.799. The standard InChI is InChI=1S/C14H14F6N4O2S/c15-13(16,17)2-1-7-3-23(5-9(7)26)4-8-11(14(18,19)20)24-12(21-8)27-10(6-25)22-24/h7,25H,1-6H2/t7-/m0/s1. The Kier molecular flexibility index (Phi) is 5.20. The van der Waals surface area contributed by atoms with Crippen molar-refractivity contribution < 1.29 is 36.2 Å². The molecule has 1 N–H and O–H groups in total. The lowest BCUT2D eigenvalue weighted by atomic mass is 10.0. The molecule has 3 rings (SSSR count). The first-order valence-corrected chi connectivity index (χ1v) is 8.67. The van der Waals surface area contributed by atoms with E-state index >= 15 is 0 Å². The third-order valence-electron chi connectivity index (χ3n) is 4.18. The summed E-state index contributed by atoms with van der Waals surface area (Å²) in [5, 5.41) is 12.8. The fraction of sp³-hybridized carbons (Fsp3) is 0.643. The van der Waals surface area contributed by atoms with Crippen molar-refractivity contribution in [3.05, 3.63) is 16.4 Å². The Bertz CT molecular complexity index is 843. The molecule has 0 bridgehead atoms. The number of Topliss-reactive ketones (excluding diaryl/α,β-unsaturated/α-hetero) is 1. The van der Waals surface area contributed by atoms with Crippen LogP contribution in [0, 0.1) is 5.92 Å². The van der Waals surface area contributed by atoms with Gasteiger partial charge in [-0.25, -0.2) is 4.98 Å². The van der Waals surface area contributed by atoms with E-state index in [4.69, 9.17) is 5.11 Å². The van der Waals surface area contributed by atoms with E-state index in [0.29, 0.717) is 4.52 Å². The predicted molar refractivity (Wildman–Crippen MR) is 80.9 cm³/mol. The molecule has 1 atom stereocenters. The normalized spacial score (nSPS) is 19.5. The van der Waals surface area contributed by atoms with Crippen LogP contribution in [0.4, 0.5) is 26.3 Å². The van der Waals surface area contributed by atoms with Crippen LogP contribution in [0.1, 0.15) is 29.2 Å². The summed E-state index contributed by atoms with van der Waals surface area (Å²) in [6, 6.07) is 0. The molecule has 2 aromatic rings. The van der Waals surface area contributed by atoms with E-state index in [1.165, 1.54) is 4.90 Å². The van der Waals surface area contributed by atoms with Crippen LogP contribution in [-0.4, -0.2) is 49.7 Å². The maximum Gasteiger partial charge on any atom is 0.435 e. The van der Waals surface area contributed by atoms with Crippen molar-refractivity contribution >= 4 is 22.1 Å². The molecule has 0 unspecified atom stereocenters. The Hall–Kier alpha value is -1.73. The van der Waals surface area contributed by atoms with Gasteiger partial charge in [0.05, 0.1) is 18.8 Å². The van der Waals surface area contributed by atoms with Crippen LogP contribution in [0.5, 0.6) is 0 Å². The number of rotatable bonds is 5. The van der Waals surface area contributed by atoms with Crippen molar-refractivity contribution in [1.82, 2.24) is 19.5 Å². The van der Waals surface area contributed by atoms with Gasteiger partial charge in [0, 0.05) is 25.4 Å². The minimum atomic E-state index is -4.77. The van der Waals surface area contributed by atoms with Crippen molar-refractivity contribution in [2.75, 3.05) is 13.1 Å². The van der Waals surface area contributed by atoms with Crippen LogP contribution in [-0.2, 0) is 24.1 Å². The summed E-state index contributed by atoms with van der Waals surface area (Å²) in [6.45, 7) is -1.12.